The predicted molar refractivity (Wildman–Crippen MR) is 81.2 cm³/mol. The molecule has 1 heterocycles. The molecule has 0 spiro atoms. The van der Waals surface area contributed by atoms with E-state index in [1.165, 1.54) is 12.0 Å². The lowest BCUT2D eigenvalue weighted by Gasteiger charge is -2.26. The van der Waals surface area contributed by atoms with Crippen molar-refractivity contribution in [3.05, 3.63) is 29.8 Å². The number of benzene rings is 1. The molecule has 0 radical (unpaired) electrons. The predicted octanol–water partition coefficient (Wildman–Crippen LogP) is 4.36. The van der Waals surface area contributed by atoms with E-state index in [1.54, 1.807) is 4.90 Å². The molecule has 2 rings (SSSR count). The Morgan fingerprint density at radius 2 is 1.75 bits per heavy atom. The first kappa shape index (κ1) is 14.9. The standard InChI is InChI=1S/C17H25NO2/c1-4-17(2,3)14-8-10-15(11-9-14)20-16(19)18-12-6-5-7-13-18/h8-11H,4-7,12-13H2,1-3H3. The Morgan fingerprint density at radius 3 is 2.30 bits per heavy atom. The molecule has 1 amide bonds. The van der Waals surface area contributed by atoms with E-state index in [0.717, 1.165) is 32.4 Å². The van der Waals surface area contributed by atoms with Gasteiger partial charge in [-0.2, -0.15) is 0 Å². The summed E-state index contributed by atoms with van der Waals surface area (Å²) in [5.74, 6) is 0.635. The fourth-order valence-electron chi connectivity index (χ4n) is 2.42. The van der Waals surface area contributed by atoms with Gasteiger partial charge in [0.2, 0.25) is 0 Å². The second-order valence-electron chi connectivity index (χ2n) is 6.18. The van der Waals surface area contributed by atoms with Gasteiger partial charge in [0.15, 0.2) is 0 Å². The van der Waals surface area contributed by atoms with Crippen LogP contribution in [-0.4, -0.2) is 24.1 Å². The lowest BCUT2D eigenvalue weighted by Crippen LogP contribution is -2.37. The second kappa shape index (κ2) is 6.29. The fraction of sp³-hybridized carbons (Fsp3) is 0.588. The summed E-state index contributed by atoms with van der Waals surface area (Å²) < 4.78 is 5.44. The van der Waals surface area contributed by atoms with Gasteiger partial charge in [0, 0.05) is 13.1 Å². The van der Waals surface area contributed by atoms with E-state index in [1.807, 2.05) is 12.1 Å². The highest BCUT2D eigenvalue weighted by Crippen LogP contribution is 2.28. The van der Waals surface area contributed by atoms with Crippen LogP contribution in [-0.2, 0) is 5.41 Å². The van der Waals surface area contributed by atoms with E-state index in [9.17, 15) is 4.79 Å². The third-order valence-electron chi connectivity index (χ3n) is 4.34. The van der Waals surface area contributed by atoms with Crippen molar-refractivity contribution in [3.8, 4) is 5.75 Å². The third-order valence-corrected chi connectivity index (χ3v) is 4.34. The van der Waals surface area contributed by atoms with Crippen molar-refractivity contribution < 1.29 is 9.53 Å². The van der Waals surface area contributed by atoms with Crippen molar-refractivity contribution in [1.82, 2.24) is 4.90 Å². The number of hydrogen-bond acceptors (Lipinski definition) is 2. The van der Waals surface area contributed by atoms with Gasteiger partial charge in [0.25, 0.3) is 0 Å². The number of rotatable bonds is 3. The van der Waals surface area contributed by atoms with Crippen LogP contribution in [0.1, 0.15) is 52.0 Å². The SMILES string of the molecule is CCC(C)(C)c1ccc(OC(=O)N2CCCCC2)cc1. The lowest BCUT2D eigenvalue weighted by molar-refractivity contribution is 0.142. The molecule has 1 aliphatic rings. The van der Waals surface area contributed by atoms with Crippen LogP contribution in [0.25, 0.3) is 0 Å². The maximum absolute atomic E-state index is 12.0. The topological polar surface area (TPSA) is 29.5 Å². The molecule has 0 bridgehead atoms. The smallest absolute Gasteiger partial charge is 0.410 e. The Balaban J connectivity index is 1.98. The molecule has 0 aromatic heterocycles. The zero-order chi connectivity index (χ0) is 14.6. The average molecular weight is 275 g/mol. The number of piperidine rings is 1. The van der Waals surface area contributed by atoms with Crippen molar-refractivity contribution >= 4 is 6.09 Å². The van der Waals surface area contributed by atoms with Crippen molar-refractivity contribution in [2.45, 2.75) is 51.9 Å². The maximum Gasteiger partial charge on any atom is 0.415 e. The van der Waals surface area contributed by atoms with Crippen molar-refractivity contribution in [1.29, 1.82) is 0 Å². The van der Waals surface area contributed by atoms with Crippen molar-refractivity contribution in [2.24, 2.45) is 0 Å². The minimum absolute atomic E-state index is 0.162. The highest BCUT2D eigenvalue weighted by Gasteiger charge is 2.20. The molecule has 3 nitrogen and oxygen atoms in total. The Bertz CT molecular complexity index is 445. The molecule has 0 saturated carbocycles. The van der Waals surface area contributed by atoms with E-state index < -0.39 is 0 Å². The molecule has 20 heavy (non-hydrogen) atoms. The summed E-state index contributed by atoms with van der Waals surface area (Å²) in [7, 11) is 0. The Kier molecular flexibility index (Phi) is 4.69. The molecule has 3 heteroatoms. The number of likely N-dealkylation sites (tertiary alicyclic amines) is 1. The third kappa shape index (κ3) is 3.53. The van der Waals surface area contributed by atoms with E-state index >= 15 is 0 Å². The van der Waals surface area contributed by atoms with Crippen LogP contribution in [0.5, 0.6) is 5.75 Å². The lowest BCUT2D eigenvalue weighted by atomic mass is 9.82. The zero-order valence-corrected chi connectivity index (χ0v) is 12.8. The summed E-state index contributed by atoms with van der Waals surface area (Å²) in [6.45, 7) is 8.27. The van der Waals surface area contributed by atoms with Gasteiger partial charge < -0.3 is 9.64 Å². The normalized spacial score (nSPS) is 16.1. The highest BCUT2D eigenvalue weighted by molar-refractivity contribution is 5.70. The number of hydrogen-bond donors (Lipinski definition) is 0. The molecule has 1 saturated heterocycles. The maximum atomic E-state index is 12.0. The number of ether oxygens (including phenoxy) is 1. The van der Waals surface area contributed by atoms with Crippen LogP contribution < -0.4 is 4.74 Å². The summed E-state index contributed by atoms with van der Waals surface area (Å²) in [6, 6.07) is 7.91. The number of amides is 1. The Hall–Kier alpha value is -1.51. The largest absolute Gasteiger partial charge is 0.415 e. The van der Waals surface area contributed by atoms with E-state index in [0.29, 0.717) is 5.75 Å². The first-order chi connectivity index (χ1) is 9.53. The fourth-order valence-corrected chi connectivity index (χ4v) is 2.42. The quantitative estimate of drug-likeness (QED) is 0.820. The molecule has 1 aromatic rings. The van der Waals surface area contributed by atoms with Gasteiger partial charge in [-0.05, 0) is 48.8 Å². The Morgan fingerprint density at radius 1 is 1.15 bits per heavy atom. The first-order valence-corrected chi connectivity index (χ1v) is 7.60. The average Bonchev–Trinajstić information content (AvgIpc) is 2.48. The summed E-state index contributed by atoms with van der Waals surface area (Å²) in [5.41, 5.74) is 1.44. The van der Waals surface area contributed by atoms with Crippen molar-refractivity contribution in [3.63, 3.8) is 0 Å². The second-order valence-corrected chi connectivity index (χ2v) is 6.18. The van der Waals surface area contributed by atoms with Gasteiger partial charge in [-0.15, -0.1) is 0 Å². The highest BCUT2D eigenvalue weighted by atomic mass is 16.6. The molecule has 0 aliphatic carbocycles. The molecular formula is C17H25NO2. The summed E-state index contributed by atoms with van der Waals surface area (Å²) in [4.78, 5) is 13.8. The minimum atomic E-state index is -0.216. The first-order valence-electron chi connectivity index (χ1n) is 7.60. The molecule has 0 atom stereocenters. The molecule has 1 fully saturated rings. The van der Waals surface area contributed by atoms with Gasteiger partial charge in [-0.25, -0.2) is 4.79 Å². The molecule has 1 aliphatic heterocycles. The Labute approximate surface area is 121 Å². The van der Waals surface area contributed by atoms with E-state index in [-0.39, 0.29) is 11.5 Å². The van der Waals surface area contributed by atoms with Crippen LogP contribution in [0.15, 0.2) is 24.3 Å². The molecule has 0 unspecified atom stereocenters. The van der Waals surface area contributed by atoms with Crippen LogP contribution in [0.4, 0.5) is 4.79 Å². The van der Waals surface area contributed by atoms with Crippen molar-refractivity contribution in [2.75, 3.05) is 13.1 Å². The minimum Gasteiger partial charge on any atom is -0.410 e. The summed E-state index contributed by atoms with van der Waals surface area (Å²) in [6.07, 6.45) is 4.24. The molecule has 0 N–H and O–H groups in total. The molecule has 1 aromatic carbocycles. The number of carbonyl (C=O) groups excluding carboxylic acids is 1. The number of nitrogens with zero attached hydrogens (tertiary/aromatic N) is 1. The van der Waals surface area contributed by atoms with Crippen LogP contribution in [0.2, 0.25) is 0 Å². The molecular weight excluding hydrogens is 250 g/mol. The van der Waals surface area contributed by atoms with Gasteiger partial charge in [0.1, 0.15) is 5.75 Å². The van der Waals surface area contributed by atoms with Gasteiger partial charge in [-0.3, -0.25) is 0 Å². The summed E-state index contributed by atoms with van der Waals surface area (Å²) >= 11 is 0. The number of carbonyl (C=O) groups is 1. The van der Waals surface area contributed by atoms with Gasteiger partial charge in [0.05, 0.1) is 0 Å². The summed E-state index contributed by atoms with van der Waals surface area (Å²) in [5, 5.41) is 0. The van der Waals surface area contributed by atoms with Gasteiger partial charge in [-0.1, -0.05) is 32.9 Å². The van der Waals surface area contributed by atoms with Crippen LogP contribution in [0, 0.1) is 0 Å². The van der Waals surface area contributed by atoms with Crippen LogP contribution >= 0.6 is 0 Å². The monoisotopic (exact) mass is 275 g/mol. The van der Waals surface area contributed by atoms with E-state index in [4.69, 9.17) is 4.74 Å². The van der Waals surface area contributed by atoms with Gasteiger partial charge >= 0.3 is 6.09 Å². The van der Waals surface area contributed by atoms with Crippen LogP contribution in [0.3, 0.4) is 0 Å². The molecule has 110 valence electrons. The van der Waals surface area contributed by atoms with E-state index in [2.05, 4.69) is 32.9 Å². The zero-order valence-electron chi connectivity index (χ0n) is 12.8.